The Morgan fingerprint density at radius 2 is 0.746 bits per heavy atom. The van der Waals surface area contributed by atoms with E-state index < -0.39 is 22.8 Å². The van der Waals surface area contributed by atoms with E-state index >= 15 is 0 Å². The van der Waals surface area contributed by atoms with Gasteiger partial charge < -0.3 is 24.6 Å². The lowest BCUT2D eigenvalue weighted by Gasteiger charge is -2.41. The van der Waals surface area contributed by atoms with Gasteiger partial charge in [-0.2, -0.15) is 0 Å². The Morgan fingerprint density at radius 3 is 1.05 bits per heavy atom. The summed E-state index contributed by atoms with van der Waals surface area (Å²) in [4.78, 5) is 72.7. The first-order chi connectivity index (χ1) is 29.5. The Labute approximate surface area is 380 Å². The van der Waals surface area contributed by atoms with Gasteiger partial charge in [-0.3, -0.25) is 43.6 Å². The molecule has 3 saturated carbocycles. The number of aliphatic carboxylic acids is 1. The lowest BCUT2D eigenvalue weighted by atomic mass is 9.65. The number of ether oxygens (including phenoxy) is 3. The zero-order valence-corrected chi connectivity index (χ0v) is 40.9. The number of rotatable bonds is 15. The van der Waals surface area contributed by atoms with Gasteiger partial charge in [0, 0.05) is 70.9 Å². The molecule has 14 nitrogen and oxygen atoms in total. The van der Waals surface area contributed by atoms with Crippen molar-refractivity contribution in [2.45, 2.75) is 169 Å². The molecule has 1 heterocycles. The van der Waals surface area contributed by atoms with Crippen molar-refractivity contribution in [2.75, 3.05) is 85.1 Å². The van der Waals surface area contributed by atoms with Gasteiger partial charge in [0.15, 0.2) is 0 Å². The normalized spacial score (nSPS) is 27.4. The molecule has 0 aromatic carbocycles. The van der Waals surface area contributed by atoms with Crippen LogP contribution in [0.2, 0.25) is 0 Å². The second kappa shape index (κ2) is 24.8. The van der Waals surface area contributed by atoms with Crippen LogP contribution in [0.3, 0.4) is 0 Å². The molecule has 0 bridgehead atoms. The smallest absolute Gasteiger partial charge is 0.320 e. The highest BCUT2D eigenvalue weighted by Crippen LogP contribution is 2.45. The van der Waals surface area contributed by atoms with Crippen LogP contribution < -0.4 is 5.32 Å². The van der Waals surface area contributed by atoms with E-state index in [1.165, 1.54) is 38.5 Å². The summed E-state index contributed by atoms with van der Waals surface area (Å²) in [5.41, 5.74) is -1.86. The molecule has 4 rings (SSSR count). The quantitative estimate of drug-likeness (QED) is 0.145. The number of nitrogens with zero attached hydrogens (tertiary/aromatic N) is 4. The van der Waals surface area contributed by atoms with Crippen molar-refractivity contribution in [3.8, 4) is 0 Å². The number of esters is 3. The van der Waals surface area contributed by atoms with Crippen LogP contribution in [0.25, 0.3) is 0 Å². The largest absolute Gasteiger partial charge is 0.481 e. The van der Waals surface area contributed by atoms with Crippen LogP contribution in [0.1, 0.15) is 146 Å². The topological polar surface area (TPSA) is 158 Å². The number of Topliss-reactive ketones (excluding diaryl/α,β-unsaturated/α-hetero) is 1. The van der Waals surface area contributed by atoms with Crippen LogP contribution in [-0.4, -0.2) is 162 Å². The maximum atomic E-state index is 14.1. The first-order valence-electron chi connectivity index (χ1n) is 24.5. The molecule has 1 aliphatic heterocycles. The Hall–Kier alpha value is -2.65. The zero-order chi connectivity index (χ0) is 46.4. The lowest BCUT2D eigenvalue weighted by molar-refractivity contribution is -0.158. The number of carboxylic acids is 1. The summed E-state index contributed by atoms with van der Waals surface area (Å²) < 4.78 is 17.1. The van der Waals surface area contributed by atoms with Crippen molar-refractivity contribution in [3.05, 3.63) is 0 Å². The third-order valence-electron chi connectivity index (χ3n) is 13.5. The van der Waals surface area contributed by atoms with Crippen LogP contribution >= 0.6 is 0 Å². The highest BCUT2D eigenvalue weighted by atomic mass is 16.6. The predicted molar refractivity (Wildman–Crippen MR) is 245 cm³/mol. The highest BCUT2D eigenvalue weighted by Gasteiger charge is 2.36. The van der Waals surface area contributed by atoms with Crippen LogP contribution in [0.15, 0.2) is 0 Å². The van der Waals surface area contributed by atoms with E-state index in [0.717, 1.165) is 56.3 Å². The Bertz CT molecular complexity index is 1400. The van der Waals surface area contributed by atoms with E-state index in [9.17, 15) is 24.0 Å². The van der Waals surface area contributed by atoms with Gasteiger partial charge in [-0.25, -0.2) is 0 Å². The standard InChI is InChI=1S/C49H87N5O9/c1-47(2,3)61-44(58)33-52-26-24-51(25-27-53(34-45(59)62-48(4,5)6)29-31-54(30-28-52)35-46(60)63-49(7,8)9)32-42(55)40-16-14-38(15-17-40)36-10-12-37(13-11-36)39-18-20-41(21-19-39)50-23-22-43(56)57/h36-41,50H,10-35H2,1-9H3,(H,56,57). The fourth-order valence-corrected chi connectivity index (χ4v) is 10.4. The van der Waals surface area contributed by atoms with Crippen molar-refractivity contribution in [1.82, 2.24) is 24.9 Å². The van der Waals surface area contributed by atoms with Gasteiger partial charge >= 0.3 is 23.9 Å². The Kier molecular flexibility index (Phi) is 20.8. The van der Waals surface area contributed by atoms with Crippen molar-refractivity contribution in [1.29, 1.82) is 0 Å². The SMILES string of the molecule is CC(C)(C)OC(=O)CN1CCN(CC(=O)OC(C)(C)C)CCN(CC(=O)C2CCC(C3CCC(C4CCC(NCCC(=O)O)CC4)CC3)CC2)CCN(CC(=O)OC(C)(C)C)CC1. The average Bonchev–Trinajstić information content (AvgIpc) is 3.17. The molecule has 1 saturated heterocycles. The summed E-state index contributed by atoms with van der Waals surface area (Å²) in [6.45, 7) is 22.2. The van der Waals surface area contributed by atoms with E-state index in [0.29, 0.717) is 83.2 Å². The molecule has 0 unspecified atom stereocenters. The zero-order valence-electron chi connectivity index (χ0n) is 40.9. The summed E-state index contributed by atoms with van der Waals surface area (Å²) in [6.07, 6.45) is 14.4. The van der Waals surface area contributed by atoms with Crippen LogP contribution in [0, 0.1) is 29.6 Å². The molecule has 0 atom stereocenters. The van der Waals surface area contributed by atoms with E-state index in [1.807, 2.05) is 67.2 Å². The molecule has 0 aromatic rings. The Morgan fingerprint density at radius 1 is 0.460 bits per heavy atom. The monoisotopic (exact) mass is 890 g/mol. The third-order valence-corrected chi connectivity index (χ3v) is 13.5. The summed E-state index contributed by atoms with van der Waals surface area (Å²) in [7, 11) is 0. The molecule has 0 aromatic heterocycles. The van der Waals surface area contributed by atoms with Crippen LogP contribution in [0.4, 0.5) is 0 Å². The molecule has 362 valence electrons. The van der Waals surface area contributed by atoms with E-state index in [-0.39, 0.29) is 49.9 Å². The van der Waals surface area contributed by atoms with Gasteiger partial charge in [0.1, 0.15) is 22.6 Å². The van der Waals surface area contributed by atoms with Crippen LogP contribution in [-0.2, 0) is 38.2 Å². The van der Waals surface area contributed by atoms with Gasteiger partial charge in [-0.15, -0.1) is 0 Å². The molecule has 0 spiro atoms. The second-order valence-electron chi connectivity index (χ2n) is 22.3. The highest BCUT2D eigenvalue weighted by molar-refractivity contribution is 5.83. The number of hydrogen-bond donors (Lipinski definition) is 2. The van der Waals surface area contributed by atoms with E-state index in [1.54, 1.807) is 0 Å². The van der Waals surface area contributed by atoms with Gasteiger partial charge in [0.2, 0.25) is 0 Å². The van der Waals surface area contributed by atoms with Gasteiger partial charge in [-0.05, 0) is 163 Å². The fraction of sp³-hybridized carbons (Fsp3) is 0.898. The predicted octanol–water partition coefficient (Wildman–Crippen LogP) is 6.04. The molecular formula is C49H87N5O9. The first-order valence-corrected chi connectivity index (χ1v) is 24.5. The summed E-state index contributed by atoms with van der Waals surface area (Å²) >= 11 is 0. The molecule has 3 aliphatic carbocycles. The van der Waals surface area contributed by atoms with Gasteiger partial charge in [-0.1, -0.05) is 0 Å². The molecule has 2 N–H and O–H groups in total. The van der Waals surface area contributed by atoms with Gasteiger partial charge in [0.05, 0.1) is 32.6 Å². The molecule has 0 amide bonds. The summed E-state index contributed by atoms with van der Waals surface area (Å²) in [6, 6.07) is 0.463. The third kappa shape index (κ3) is 21.0. The number of ketones is 1. The Balaban J connectivity index is 1.35. The maximum absolute atomic E-state index is 14.1. The minimum absolute atomic E-state index is 0.0513. The molecule has 4 aliphatic rings. The fourth-order valence-electron chi connectivity index (χ4n) is 10.4. The molecule has 63 heavy (non-hydrogen) atoms. The lowest BCUT2D eigenvalue weighted by Crippen LogP contribution is -2.50. The van der Waals surface area contributed by atoms with Crippen LogP contribution in [0.5, 0.6) is 0 Å². The molecule has 0 radical (unpaired) electrons. The summed E-state index contributed by atoms with van der Waals surface area (Å²) in [5.74, 6) is 1.73. The molecule has 14 heteroatoms. The van der Waals surface area contributed by atoms with Crippen molar-refractivity contribution in [3.63, 3.8) is 0 Å². The number of carbonyl (C=O) groups is 5. The van der Waals surface area contributed by atoms with E-state index in [2.05, 4.69) is 20.0 Å². The number of carbonyl (C=O) groups excluding carboxylic acids is 4. The van der Waals surface area contributed by atoms with Gasteiger partial charge in [0.25, 0.3) is 0 Å². The average molecular weight is 890 g/mol. The van der Waals surface area contributed by atoms with Crippen molar-refractivity contribution < 1.29 is 43.3 Å². The van der Waals surface area contributed by atoms with Crippen molar-refractivity contribution >= 4 is 29.7 Å². The number of carboxylic acid groups (broad SMARTS) is 1. The van der Waals surface area contributed by atoms with Crippen molar-refractivity contribution in [2.24, 2.45) is 29.6 Å². The first kappa shape index (κ1) is 53.0. The minimum atomic E-state index is -0.738. The summed E-state index contributed by atoms with van der Waals surface area (Å²) in [5, 5.41) is 12.4. The number of nitrogens with one attached hydrogen (secondary N) is 1. The molecular weight excluding hydrogens is 803 g/mol. The minimum Gasteiger partial charge on any atom is -0.481 e. The number of hydrogen-bond acceptors (Lipinski definition) is 13. The maximum Gasteiger partial charge on any atom is 0.320 e. The van der Waals surface area contributed by atoms with E-state index in [4.69, 9.17) is 19.3 Å². The second-order valence-corrected chi connectivity index (χ2v) is 22.3. The molecule has 4 fully saturated rings.